The Hall–Kier alpha value is -3.06. The van der Waals surface area contributed by atoms with E-state index < -0.39 is 4.92 Å². The average molecular weight is 325 g/mol. The van der Waals surface area contributed by atoms with Crippen molar-refractivity contribution in [1.82, 2.24) is 4.98 Å². The van der Waals surface area contributed by atoms with Gasteiger partial charge in [-0.3, -0.25) is 20.2 Å². The Labute approximate surface area is 135 Å². The molecule has 0 atom stereocenters. The topological polar surface area (TPSA) is 85.1 Å². The number of carbonyl (C=O) groups excluding carboxylic acids is 1. The number of amides is 1. The molecule has 114 valence electrons. The van der Waals surface area contributed by atoms with Gasteiger partial charge in [0.15, 0.2) is 5.13 Å². The highest BCUT2D eigenvalue weighted by molar-refractivity contribution is 7.22. The molecule has 0 saturated heterocycles. The minimum atomic E-state index is -0.465. The minimum absolute atomic E-state index is 0.0149. The number of carbonyl (C=O) groups is 1. The van der Waals surface area contributed by atoms with Gasteiger partial charge in [0.1, 0.15) is 0 Å². The highest BCUT2D eigenvalue weighted by Gasteiger charge is 2.05. The molecule has 1 amide bonds. The van der Waals surface area contributed by atoms with E-state index in [0.29, 0.717) is 10.7 Å². The van der Waals surface area contributed by atoms with Crippen molar-refractivity contribution in [3.8, 4) is 0 Å². The van der Waals surface area contributed by atoms with Gasteiger partial charge < -0.3 is 0 Å². The molecule has 0 aliphatic carbocycles. The average Bonchev–Trinajstić information content (AvgIpc) is 2.95. The molecular weight excluding hydrogens is 314 g/mol. The monoisotopic (exact) mass is 325 g/mol. The fourth-order valence-corrected chi connectivity index (χ4v) is 2.82. The standard InChI is InChI=1S/C16H11N3O3S/c20-15(10-7-11-5-8-12(9-6-11)19(21)22)18-16-17-13-3-1-2-4-14(13)23-16/h1-10H,(H,17,18,20). The van der Waals surface area contributed by atoms with Gasteiger partial charge in [0.05, 0.1) is 15.1 Å². The van der Waals surface area contributed by atoms with Crippen LogP contribution in [0.4, 0.5) is 10.8 Å². The second-order valence-corrected chi connectivity index (χ2v) is 5.69. The summed E-state index contributed by atoms with van der Waals surface area (Å²) in [4.78, 5) is 26.3. The first-order valence-corrected chi connectivity index (χ1v) is 7.52. The molecular formula is C16H11N3O3S. The van der Waals surface area contributed by atoms with Crippen molar-refractivity contribution in [2.75, 3.05) is 5.32 Å². The van der Waals surface area contributed by atoms with Crippen molar-refractivity contribution in [2.45, 2.75) is 0 Å². The van der Waals surface area contributed by atoms with Crippen LogP contribution in [0.5, 0.6) is 0 Å². The lowest BCUT2D eigenvalue weighted by atomic mass is 10.2. The summed E-state index contributed by atoms with van der Waals surface area (Å²) in [5.41, 5.74) is 1.56. The van der Waals surface area contributed by atoms with Gasteiger partial charge >= 0.3 is 0 Å². The van der Waals surface area contributed by atoms with Crippen molar-refractivity contribution in [3.63, 3.8) is 0 Å². The molecule has 0 saturated carbocycles. The number of aromatic nitrogens is 1. The Kier molecular flexibility index (Phi) is 4.11. The van der Waals surface area contributed by atoms with Gasteiger partial charge in [-0.05, 0) is 35.9 Å². The van der Waals surface area contributed by atoms with Crippen LogP contribution in [0.15, 0.2) is 54.6 Å². The summed E-state index contributed by atoms with van der Waals surface area (Å²) < 4.78 is 1.00. The largest absolute Gasteiger partial charge is 0.298 e. The van der Waals surface area contributed by atoms with Crippen molar-refractivity contribution in [1.29, 1.82) is 0 Å². The molecule has 0 aliphatic rings. The van der Waals surface area contributed by atoms with Gasteiger partial charge in [0.25, 0.3) is 5.69 Å². The molecule has 3 rings (SSSR count). The zero-order chi connectivity index (χ0) is 16.2. The molecule has 3 aromatic rings. The van der Waals surface area contributed by atoms with Crippen LogP contribution in [-0.2, 0) is 4.79 Å². The smallest absolute Gasteiger partial charge is 0.269 e. The van der Waals surface area contributed by atoms with E-state index in [-0.39, 0.29) is 11.6 Å². The molecule has 2 aromatic carbocycles. The molecule has 0 fully saturated rings. The van der Waals surface area contributed by atoms with Gasteiger partial charge in [0, 0.05) is 18.2 Å². The summed E-state index contributed by atoms with van der Waals surface area (Å²) in [6.07, 6.45) is 2.96. The fourth-order valence-electron chi connectivity index (χ4n) is 1.95. The Morgan fingerprint density at radius 1 is 1.17 bits per heavy atom. The summed E-state index contributed by atoms with van der Waals surface area (Å²) in [6, 6.07) is 13.6. The molecule has 0 radical (unpaired) electrons. The third-order valence-corrected chi connectivity index (χ3v) is 4.01. The minimum Gasteiger partial charge on any atom is -0.298 e. The van der Waals surface area contributed by atoms with E-state index in [1.54, 1.807) is 18.2 Å². The van der Waals surface area contributed by atoms with Crippen LogP contribution in [0, 0.1) is 10.1 Å². The molecule has 1 aromatic heterocycles. The Balaban J connectivity index is 1.67. The number of fused-ring (bicyclic) bond motifs is 1. The molecule has 6 nitrogen and oxygen atoms in total. The predicted molar refractivity (Wildman–Crippen MR) is 90.4 cm³/mol. The Morgan fingerprint density at radius 2 is 1.91 bits per heavy atom. The fraction of sp³-hybridized carbons (Fsp3) is 0. The number of benzene rings is 2. The van der Waals surface area contributed by atoms with Gasteiger partial charge in [0.2, 0.25) is 5.91 Å². The zero-order valence-corrected chi connectivity index (χ0v) is 12.6. The van der Waals surface area contributed by atoms with Crippen LogP contribution in [0.2, 0.25) is 0 Å². The van der Waals surface area contributed by atoms with Crippen molar-refractivity contribution < 1.29 is 9.72 Å². The summed E-state index contributed by atoms with van der Waals surface area (Å²) in [7, 11) is 0. The van der Waals surface area contributed by atoms with E-state index in [2.05, 4.69) is 10.3 Å². The number of hydrogen-bond acceptors (Lipinski definition) is 5. The van der Waals surface area contributed by atoms with Crippen LogP contribution in [0.25, 0.3) is 16.3 Å². The number of nitrogens with one attached hydrogen (secondary N) is 1. The van der Waals surface area contributed by atoms with Crippen LogP contribution in [0.3, 0.4) is 0 Å². The summed E-state index contributed by atoms with van der Waals surface area (Å²) in [6.45, 7) is 0. The van der Waals surface area contributed by atoms with Crippen LogP contribution in [-0.4, -0.2) is 15.8 Å². The molecule has 0 bridgehead atoms. The van der Waals surface area contributed by atoms with Gasteiger partial charge in [-0.1, -0.05) is 23.5 Å². The maximum Gasteiger partial charge on any atom is 0.269 e. The number of non-ortho nitro benzene ring substituents is 1. The van der Waals surface area contributed by atoms with Crippen LogP contribution in [0.1, 0.15) is 5.56 Å². The number of para-hydroxylation sites is 1. The first-order valence-electron chi connectivity index (χ1n) is 6.71. The van der Waals surface area contributed by atoms with Gasteiger partial charge in [-0.15, -0.1) is 0 Å². The molecule has 7 heteroatoms. The lowest BCUT2D eigenvalue weighted by Gasteiger charge is -1.96. The SMILES string of the molecule is O=C(C=Cc1ccc([N+](=O)[O-])cc1)Nc1nc2ccccc2s1. The Bertz CT molecular complexity index is 867. The maximum absolute atomic E-state index is 11.9. The molecule has 0 spiro atoms. The number of nitro benzene ring substituents is 1. The maximum atomic E-state index is 11.9. The van der Waals surface area contributed by atoms with E-state index in [0.717, 1.165) is 10.2 Å². The summed E-state index contributed by atoms with van der Waals surface area (Å²) >= 11 is 1.40. The van der Waals surface area contributed by atoms with Crippen LogP contribution < -0.4 is 5.32 Å². The number of anilines is 1. The second-order valence-electron chi connectivity index (χ2n) is 4.66. The molecule has 0 aliphatic heterocycles. The second kappa shape index (κ2) is 6.37. The van der Waals surface area contributed by atoms with E-state index in [4.69, 9.17) is 0 Å². The first-order chi connectivity index (χ1) is 11.1. The summed E-state index contributed by atoms with van der Waals surface area (Å²) in [5, 5.41) is 13.8. The predicted octanol–water partition coefficient (Wildman–Crippen LogP) is 3.86. The number of rotatable bonds is 4. The lowest BCUT2D eigenvalue weighted by Crippen LogP contribution is -2.07. The normalized spacial score (nSPS) is 11.0. The van der Waals surface area contributed by atoms with Crippen molar-refractivity contribution in [2.24, 2.45) is 0 Å². The van der Waals surface area contributed by atoms with Gasteiger partial charge in [-0.2, -0.15) is 0 Å². The Morgan fingerprint density at radius 3 is 2.61 bits per heavy atom. The first kappa shape index (κ1) is 14.9. The van der Waals surface area contributed by atoms with E-state index in [1.165, 1.54) is 29.5 Å². The number of nitro groups is 1. The number of nitrogens with zero attached hydrogens (tertiary/aromatic N) is 2. The highest BCUT2D eigenvalue weighted by Crippen LogP contribution is 2.25. The van der Waals surface area contributed by atoms with Gasteiger partial charge in [-0.25, -0.2) is 4.98 Å². The molecule has 23 heavy (non-hydrogen) atoms. The van der Waals surface area contributed by atoms with Crippen molar-refractivity contribution in [3.05, 3.63) is 70.3 Å². The third kappa shape index (κ3) is 3.58. The quantitative estimate of drug-likeness (QED) is 0.448. The molecule has 1 N–H and O–H groups in total. The highest BCUT2D eigenvalue weighted by atomic mass is 32.1. The van der Waals surface area contributed by atoms with E-state index >= 15 is 0 Å². The number of hydrogen-bond donors (Lipinski definition) is 1. The lowest BCUT2D eigenvalue weighted by molar-refractivity contribution is -0.384. The summed E-state index contributed by atoms with van der Waals surface area (Å²) in [5.74, 6) is -0.303. The number of thiazole rings is 1. The van der Waals surface area contributed by atoms with Crippen molar-refractivity contribution >= 4 is 44.4 Å². The van der Waals surface area contributed by atoms with Crippen LogP contribution >= 0.6 is 11.3 Å². The van der Waals surface area contributed by atoms with E-state index in [1.807, 2.05) is 24.3 Å². The zero-order valence-electron chi connectivity index (χ0n) is 11.8. The molecule has 0 unspecified atom stereocenters. The van der Waals surface area contributed by atoms with E-state index in [9.17, 15) is 14.9 Å². The molecule has 1 heterocycles. The third-order valence-electron chi connectivity index (χ3n) is 3.06.